The summed E-state index contributed by atoms with van der Waals surface area (Å²) >= 11 is 4.12. The molecule has 9 aliphatic rings. The number of nitrogens with zero attached hydrogens (tertiary/aromatic N) is 1. The van der Waals surface area contributed by atoms with Gasteiger partial charge in [-0.2, -0.15) is 0 Å². The lowest BCUT2D eigenvalue weighted by molar-refractivity contribution is -0.148. The van der Waals surface area contributed by atoms with Crippen molar-refractivity contribution in [3.63, 3.8) is 0 Å². The summed E-state index contributed by atoms with van der Waals surface area (Å²) in [6, 6.07) is 0. The van der Waals surface area contributed by atoms with E-state index in [0.717, 1.165) is 35.5 Å². The molecule has 0 N–H and O–H groups in total. The number of hydrogen-bond acceptors (Lipinski definition) is 5. The van der Waals surface area contributed by atoms with Gasteiger partial charge in [0.2, 0.25) is 5.91 Å². The van der Waals surface area contributed by atoms with Crippen LogP contribution in [0, 0.1) is 35.5 Å². The van der Waals surface area contributed by atoms with Gasteiger partial charge in [-0.25, -0.2) is 0 Å². The second-order valence-electron chi connectivity index (χ2n) is 13.6. The average Bonchev–Trinajstić information content (AvgIpc) is 2.72. The van der Waals surface area contributed by atoms with E-state index in [-0.39, 0.29) is 33.5 Å². The highest BCUT2D eigenvalue weighted by Crippen LogP contribution is 2.64. The molecule has 3 unspecified atom stereocenters. The Labute approximate surface area is 219 Å². The normalized spacial score (nSPS) is 51.1. The van der Waals surface area contributed by atoms with Gasteiger partial charge in [0.05, 0.1) is 5.37 Å². The van der Waals surface area contributed by atoms with E-state index in [2.05, 4.69) is 28.8 Å². The Kier molecular flexibility index (Phi) is 5.67. The molecule has 1 amide bonds. The summed E-state index contributed by atoms with van der Waals surface area (Å²) in [5.41, 5.74) is 0. The Morgan fingerprint density at radius 1 is 0.714 bits per heavy atom. The number of carbonyl (C=O) groups is 2. The number of rotatable bonds is 5. The molecule has 192 valence electrons. The van der Waals surface area contributed by atoms with Gasteiger partial charge in [-0.05, 0) is 119 Å². The number of carbonyl (C=O) groups excluding carboxylic acids is 2. The fourth-order valence-electron chi connectivity index (χ4n) is 10.4. The molecule has 0 aromatic rings. The maximum absolute atomic E-state index is 13.3. The van der Waals surface area contributed by atoms with E-state index in [4.69, 9.17) is 4.74 Å². The minimum absolute atomic E-state index is 0.0574. The highest BCUT2D eigenvalue weighted by Gasteiger charge is 2.56. The van der Waals surface area contributed by atoms with Gasteiger partial charge in [0.15, 0.2) is 0 Å². The molecule has 35 heavy (non-hydrogen) atoms. The number of hydrogen-bond donors (Lipinski definition) is 0. The zero-order chi connectivity index (χ0) is 23.9. The summed E-state index contributed by atoms with van der Waals surface area (Å²) < 4.78 is 6.48. The lowest BCUT2D eigenvalue weighted by Crippen LogP contribution is -2.57. The molecule has 0 radical (unpaired) electrons. The Balaban J connectivity index is 1.18. The molecule has 4 nitrogen and oxygen atoms in total. The molecule has 8 saturated carbocycles. The van der Waals surface area contributed by atoms with Crippen molar-refractivity contribution < 1.29 is 14.3 Å². The topological polar surface area (TPSA) is 46.6 Å². The largest absolute Gasteiger partial charge is 0.455 e. The molecule has 0 aromatic carbocycles. The first-order valence-corrected chi connectivity index (χ1v) is 16.0. The van der Waals surface area contributed by atoms with Crippen molar-refractivity contribution in [2.75, 3.05) is 0 Å². The maximum Gasteiger partial charge on any atom is 0.303 e. The van der Waals surface area contributed by atoms with Crippen molar-refractivity contribution >= 4 is 35.4 Å². The SMILES string of the molecule is CC(=O)OC1C=CC(SC23CC4CC(CC(C4)C2)C3)N(C(C)=O)C1SC12CC3CC(CC(C3)C1)C2. The third-order valence-electron chi connectivity index (χ3n) is 10.7. The fourth-order valence-corrected chi connectivity index (χ4v) is 14.8. The van der Waals surface area contributed by atoms with Gasteiger partial charge in [-0.3, -0.25) is 9.59 Å². The molecular weight excluding hydrogens is 474 g/mol. The van der Waals surface area contributed by atoms with E-state index in [1.54, 1.807) is 6.92 Å². The van der Waals surface area contributed by atoms with Gasteiger partial charge in [0, 0.05) is 23.3 Å². The highest BCUT2D eigenvalue weighted by atomic mass is 32.2. The second kappa shape index (κ2) is 8.44. The van der Waals surface area contributed by atoms with Crippen LogP contribution in [0.15, 0.2) is 12.2 Å². The molecule has 6 heteroatoms. The van der Waals surface area contributed by atoms with Crippen molar-refractivity contribution in [2.24, 2.45) is 35.5 Å². The zero-order valence-corrected chi connectivity index (χ0v) is 23.0. The number of amides is 1. The third kappa shape index (κ3) is 4.21. The van der Waals surface area contributed by atoms with E-state index in [1.165, 1.54) is 84.0 Å². The minimum atomic E-state index is -0.345. The van der Waals surface area contributed by atoms with Crippen molar-refractivity contribution in [1.82, 2.24) is 4.90 Å². The monoisotopic (exact) mass is 515 g/mol. The van der Waals surface area contributed by atoms with Crippen LogP contribution < -0.4 is 0 Å². The molecule has 8 bridgehead atoms. The van der Waals surface area contributed by atoms with Gasteiger partial charge in [0.1, 0.15) is 11.5 Å². The van der Waals surface area contributed by atoms with E-state index in [9.17, 15) is 9.59 Å². The molecule has 3 atom stereocenters. The molecule has 0 spiro atoms. The molecular formula is C29H41NO3S2. The predicted molar refractivity (Wildman–Crippen MR) is 142 cm³/mol. The zero-order valence-electron chi connectivity index (χ0n) is 21.3. The highest BCUT2D eigenvalue weighted by molar-refractivity contribution is 8.02. The van der Waals surface area contributed by atoms with Crippen LogP contribution in [-0.2, 0) is 14.3 Å². The first-order chi connectivity index (χ1) is 16.8. The summed E-state index contributed by atoms with van der Waals surface area (Å²) in [6.07, 6.45) is 20.4. The van der Waals surface area contributed by atoms with Crippen LogP contribution >= 0.6 is 23.5 Å². The van der Waals surface area contributed by atoms with Crippen LogP contribution in [0.2, 0.25) is 0 Å². The van der Waals surface area contributed by atoms with Gasteiger partial charge < -0.3 is 9.64 Å². The summed E-state index contributed by atoms with van der Waals surface area (Å²) in [4.78, 5) is 27.6. The molecule has 1 aliphatic heterocycles. The summed E-state index contributed by atoms with van der Waals surface area (Å²) in [7, 11) is 0. The first kappa shape index (κ1) is 23.5. The fraction of sp³-hybridized carbons (Fsp3) is 0.862. The average molecular weight is 516 g/mol. The smallest absolute Gasteiger partial charge is 0.303 e. The molecule has 1 heterocycles. The Bertz CT molecular complexity index is 860. The second-order valence-corrected chi connectivity index (χ2v) is 16.8. The Hall–Kier alpha value is -0.620. The number of esters is 1. The quantitative estimate of drug-likeness (QED) is 0.313. The Morgan fingerprint density at radius 2 is 1.14 bits per heavy atom. The molecule has 9 rings (SSSR count). The van der Waals surface area contributed by atoms with Crippen LogP contribution in [-0.4, -0.2) is 43.1 Å². The standard InChI is InChI=1S/C29H41NO3S2/c1-17(31)30-26(34-28-11-19-5-20(12-28)7-21(6-19)13-28)4-3-25(33-18(2)32)27(30)35-29-14-22-8-23(15-29)10-24(9-22)16-29/h3-4,19-27H,5-16H2,1-2H3. The van der Waals surface area contributed by atoms with Gasteiger partial charge >= 0.3 is 5.97 Å². The third-order valence-corrected chi connectivity index (χ3v) is 14.0. The lowest BCUT2D eigenvalue weighted by Gasteiger charge is -2.59. The van der Waals surface area contributed by atoms with Crippen LogP contribution in [0.3, 0.4) is 0 Å². The van der Waals surface area contributed by atoms with Crippen molar-refractivity contribution in [3.8, 4) is 0 Å². The van der Waals surface area contributed by atoms with E-state index >= 15 is 0 Å². The Morgan fingerprint density at radius 3 is 1.54 bits per heavy atom. The molecule has 8 aliphatic carbocycles. The van der Waals surface area contributed by atoms with Gasteiger partial charge in [0.25, 0.3) is 0 Å². The minimum Gasteiger partial charge on any atom is -0.455 e. The van der Waals surface area contributed by atoms with Crippen LogP contribution in [0.5, 0.6) is 0 Å². The van der Waals surface area contributed by atoms with Crippen molar-refractivity contribution in [2.45, 2.75) is 117 Å². The summed E-state index contributed by atoms with van der Waals surface area (Å²) in [5, 5.41) is -0.0500. The van der Waals surface area contributed by atoms with Crippen LogP contribution in [0.25, 0.3) is 0 Å². The number of ether oxygens (including phenoxy) is 1. The van der Waals surface area contributed by atoms with Crippen molar-refractivity contribution in [1.29, 1.82) is 0 Å². The van der Waals surface area contributed by atoms with E-state index in [0.29, 0.717) is 4.75 Å². The van der Waals surface area contributed by atoms with Gasteiger partial charge in [-0.15, -0.1) is 23.5 Å². The number of thioether (sulfide) groups is 2. The van der Waals surface area contributed by atoms with E-state index < -0.39 is 0 Å². The lowest BCUT2D eigenvalue weighted by atomic mass is 9.56. The molecule has 8 fully saturated rings. The van der Waals surface area contributed by atoms with Gasteiger partial charge in [-0.1, -0.05) is 6.08 Å². The van der Waals surface area contributed by atoms with Crippen molar-refractivity contribution in [3.05, 3.63) is 12.2 Å². The predicted octanol–water partition coefficient (Wildman–Crippen LogP) is 6.39. The maximum atomic E-state index is 13.3. The summed E-state index contributed by atoms with van der Waals surface area (Å²) in [6.45, 7) is 3.25. The molecule has 0 aromatic heterocycles. The summed E-state index contributed by atoms with van der Waals surface area (Å²) in [5.74, 6) is 5.19. The van der Waals surface area contributed by atoms with E-state index in [1.807, 2.05) is 11.8 Å². The van der Waals surface area contributed by atoms with Crippen LogP contribution in [0.4, 0.5) is 0 Å². The van der Waals surface area contributed by atoms with Crippen LogP contribution in [0.1, 0.15) is 90.9 Å². The molecule has 0 saturated heterocycles. The first-order valence-electron chi connectivity index (χ1n) is 14.3.